The summed E-state index contributed by atoms with van der Waals surface area (Å²) in [6.45, 7) is 2.78. The Morgan fingerprint density at radius 2 is 2.30 bits per heavy atom. The van der Waals surface area contributed by atoms with Gasteiger partial charge in [0.25, 0.3) is 5.91 Å². The van der Waals surface area contributed by atoms with Crippen LogP contribution in [0.15, 0.2) is 18.2 Å². The first-order chi connectivity index (χ1) is 9.63. The van der Waals surface area contributed by atoms with Crippen molar-refractivity contribution in [3.05, 3.63) is 24.0 Å². The van der Waals surface area contributed by atoms with Crippen molar-refractivity contribution in [1.29, 1.82) is 0 Å². The molecule has 1 amide bonds. The van der Waals surface area contributed by atoms with Crippen LogP contribution in [-0.2, 0) is 4.79 Å². The molecule has 108 valence electrons. The van der Waals surface area contributed by atoms with Gasteiger partial charge >= 0.3 is 0 Å². The third-order valence-electron chi connectivity index (χ3n) is 4.03. The average Bonchev–Trinajstić information content (AvgIpc) is 2.42. The molecule has 3 rings (SSSR count). The van der Waals surface area contributed by atoms with Crippen molar-refractivity contribution in [2.45, 2.75) is 12.8 Å². The summed E-state index contributed by atoms with van der Waals surface area (Å²) in [5.74, 6) is 0.603. The standard InChI is InChI=1S/C15H19FN2O2/c1-17-6-2-3-11(8-17)9-18-13-7-12(16)4-5-14(13)20-10-15(18)19/h4-5,7,11H,2-3,6,8-10H2,1H3/t11-/m0/s1. The van der Waals surface area contributed by atoms with Gasteiger partial charge in [-0.05, 0) is 44.5 Å². The predicted octanol–water partition coefficient (Wildman–Crippen LogP) is 1.89. The fraction of sp³-hybridized carbons (Fsp3) is 0.533. The number of carbonyl (C=O) groups excluding carboxylic acids is 1. The van der Waals surface area contributed by atoms with Gasteiger partial charge in [-0.3, -0.25) is 4.79 Å². The van der Waals surface area contributed by atoms with E-state index in [-0.39, 0.29) is 18.3 Å². The van der Waals surface area contributed by atoms with Gasteiger partial charge in [0.2, 0.25) is 0 Å². The van der Waals surface area contributed by atoms with Crippen molar-refractivity contribution in [3.8, 4) is 5.75 Å². The molecule has 1 atom stereocenters. The van der Waals surface area contributed by atoms with Crippen molar-refractivity contribution in [3.63, 3.8) is 0 Å². The fourth-order valence-electron chi connectivity index (χ4n) is 3.06. The highest BCUT2D eigenvalue weighted by atomic mass is 19.1. The van der Waals surface area contributed by atoms with E-state index in [1.807, 2.05) is 0 Å². The molecule has 2 aliphatic heterocycles. The number of nitrogens with zero attached hydrogens (tertiary/aromatic N) is 2. The predicted molar refractivity (Wildman–Crippen MR) is 74.5 cm³/mol. The van der Waals surface area contributed by atoms with Crippen molar-refractivity contribution >= 4 is 11.6 Å². The van der Waals surface area contributed by atoms with Crippen LogP contribution >= 0.6 is 0 Å². The van der Waals surface area contributed by atoms with E-state index in [1.165, 1.54) is 12.1 Å². The number of benzene rings is 1. The molecule has 0 aromatic heterocycles. The maximum atomic E-state index is 13.4. The molecular formula is C15H19FN2O2. The first-order valence-corrected chi connectivity index (χ1v) is 7.05. The average molecular weight is 278 g/mol. The van der Waals surface area contributed by atoms with Gasteiger partial charge < -0.3 is 14.5 Å². The summed E-state index contributed by atoms with van der Waals surface area (Å²) in [7, 11) is 2.10. The summed E-state index contributed by atoms with van der Waals surface area (Å²) in [5, 5.41) is 0. The van der Waals surface area contributed by atoms with Crippen LogP contribution in [-0.4, -0.2) is 44.1 Å². The highest BCUT2D eigenvalue weighted by Gasteiger charge is 2.29. The van der Waals surface area contributed by atoms with Crippen molar-refractivity contribution in [2.75, 3.05) is 38.2 Å². The Kier molecular flexibility index (Phi) is 3.61. The van der Waals surface area contributed by atoms with Gasteiger partial charge in [-0.15, -0.1) is 0 Å². The molecule has 20 heavy (non-hydrogen) atoms. The molecule has 1 aromatic carbocycles. The number of amides is 1. The summed E-state index contributed by atoms with van der Waals surface area (Å²) in [6, 6.07) is 4.34. The lowest BCUT2D eigenvalue weighted by molar-refractivity contribution is -0.121. The molecule has 0 spiro atoms. The maximum Gasteiger partial charge on any atom is 0.265 e. The van der Waals surface area contributed by atoms with Gasteiger partial charge in [-0.1, -0.05) is 0 Å². The summed E-state index contributed by atoms with van der Waals surface area (Å²) in [6.07, 6.45) is 2.26. The van der Waals surface area contributed by atoms with E-state index in [2.05, 4.69) is 11.9 Å². The summed E-state index contributed by atoms with van der Waals surface area (Å²) in [4.78, 5) is 16.1. The molecule has 5 heteroatoms. The van der Waals surface area contributed by atoms with Gasteiger partial charge in [0.15, 0.2) is 6.61 Å². The van der Waals surface area contributed by atoms with Crippen molar-refractivity contribution < 1.29 is 13.9 Å². The Hall–Kier alpha value is -1.62. The van der Waals surface area contributed by atoms with Crippen LogP contribution in [0.2, 0.25) is 0 Å². The van der Waals surface area contributed by atoms with Crippen LogP contribution in [0.3, 0.4) is 0 Å². The minimum absolute atomic E-state index is 0.0428. The quantitative estimate of drug-likeness (QED) is 0.828. The van der Waals surface area contributed by atoms with E-state index in [1.54, 1.807) is 11.0 Å². The van der Waals surface area contributed by atoms with E-state index in [9.17, 15) is 9.18 Å². The van der Waals surface area contributed by atoms with Crippen LogP contribution in [0, 0.1) is 11.7 Å². The molecule has 2 aliphatic rings. The van der Waals surface area contributed by atoms with Crippen molar-refractivity contribution in [2.24, 2.45) is 5.92 Å². The number of hydrogen-bond donors (Lipinski definition) is 0. The highest BCUT2D eigenvalue weighted by molar-refractivity contribution is 5.97. The Morgan fingerprint density at radius 1 is 1.45 bits per heavy atom. The highest BCUT2D eigenvalue weighted by Crippen LogP contribution is 2.33. The first-order valence-electron chi connectivity index (χ1n) is 7.05. The Morgan fingerprint density at radius 3 is 3.10 bits per heavy atom. The Bertz CT molecular complexity index is 521. The molecule has 0 unspecified atom stereocenters. The second-order valence-corrected chi connectivity index (χ2v) is 5.68. The number of anilines is 1. The minimum atomic E-state index is -0.340. The number of fused-ring (bicyclic) bond motifs is 1. The minimum Gasteiger partial charge on any atom is -0.482 e. The maximum absolute atomic E-state index is 13.4. The molecule has 0 N–H and O–H groups in total. The lowest BCUT2D eigenvalue weighted by Crippen LogP contribution is -2.45. The lowest BCUT2D eigenvalue weighted by Gasteiger charge is -2.36. The van der Waals surface area contributed by atoms with Crippen LogP contribution in [0.1, 0.15) is 12.8 Å². The number of carbonyl (C=O) groups is 1. The van der Waals surface area contributed by atoms with E-state index < -0.39 is 0 Å². The van der Waals surface area contributed by atoms with Gasteiger partial charge in [0.05, 0.1) is 5.69 Å². The van der Waals surface area contributed by atoms with Crippen LogP contribution < -0.4 is 9.64 Å². The topological polar surface area (TPSA) is 32.8 Å². The van der Waals surface area contributed by atoms with E-state index in [0.717, 1.165) is 25.9 Å². The molecule has 0 bridgehead atoms. The lowest BCUT2D eigenvalue weighted by atomic mass is 9.97. The fourth-order valence-corrected chi connectivity index (χ4v) is 3.06. The molecular weight excluding hydrogens is 259 g/mol. The Balaban J connectivity index is 1.81. The Labute approximate surface area is 118 Å². The SMILES string of the molecule is CN1CCC[C@H](CN2C(=O)COc3ccc(F)cc32)C1. The molecule has 4 nitrogen and oxygen atoms in total. The van der Waals surface area contributed by atoms with Crippen LogP contribution in [0.4, 0.5) is 10.1 Å². The second-order valence-electron chi connectivity index (χ2n) is 5.68. The smallest absolute Gasteiger partial charge is 0.265 e. The number of ether oxygens (including phenoxy) is 1. The zero-order valence-electron chi connectivity index (χ0n) is 11.6. The molecule has 1 fully saturated rings. The third-order valence-corrected chi connectivity index (χ3v) is 4.03. The number of hydrogen-bond acceptors (Lipinski definition) is 3. The summed E-state index contributed by atoms with van der Waals surface area (Å²) >= 11 is 0. The van der Waals surface area contributed by atoms with Gasteiger partial charge in [-0.2, -0.15) is 0 Å². The number of likely N-dealkylation sites (tertiary alicyclic amines) is 1. The van der Waals surface area contributed by atoms with Crippen LogP contribution in [0.25, 0.3) is 0 Å². The van der Waals surface area contributed by atoms with Gasteiger partial charge in [0.1, 0.15) is 11.6 Å². The van der Waals surface area contributed by atoms with E-state index >= 15 is 0 Å². The number of piperidine rings is 1. The monoisotopic (exact) mass is 278 g/mol. The third kappa shape index (κ3) is 2.63. The first kappa shape index (κ1) is 13.4. The zero-order valence-corrected chi connectivity index (χ0v) is 11.6. The largest absolute Gasteiger partial charge is 0.482 e. The van der Waals surface area contributed by atoms with Gasteiger partial charge in [0, 0.05) is 19.2 Å². The molecule has 0 radical (unpaired) electrons. The van der Waals surface area contributed by atoms with E-state index in [0.29, 0.717) is 23.9 Å². The number of rotatable bonds is 2. The zero-order chi connectivity index (χ0) is 14.1. The normalized spacial score (nSPS) is 23.4. The van der Waals surface area contributed by atoms with Gasteiger partial charge in [-0.25, -0.2) is 4.39 Å². The number of halogens is 1. The molecule has 0 saturated carbocycles. The second kappa shape index (κ2) is 5.40. The molecule has 1 saturated heterocycles. The summed E-state index contributed by atoms with van der Waals surface area (Å²) in [5.41, 5.74) is 0.564. The molecule has 2 heterocycles. The summed E-state index contributed by atoms with van der Waals surface area (Å²) < 4.78 is 18.8. The molecule has 0 aliphatic carbocycles. The van der Waals surface area contributed by atoms with Crippen molar-refractivity contribution in [1.82, 2.24) is 4.90 Å². The van der Waals surface area contributed by atoms with E-state index in [4.69, 9.17) is 4.74 Å². The molecule has 1 aromatic rings. The van der Waals surface area contributed by atoms with Crippen LogP contribution in [0.5, 0.6) is 5.75 Å².